The van der Waals surface area contributed by atoms with E-state index in [1.165, 1.54) is 16.2 Å². The van der Waals surface area contributed by atoms with Crippen molar-refractivity contribution in [2.24, 2.45) is 0 Å². The number of ether oxygens (including phenoxy) is 1. The molecule has 37 heavy (non-hydrogen) atoms. The Labute approximate surface area is 221 Å². The quantitative estimate of drug-likeness (QED) is 0.222. The summed E-state index contributed by atoms with van der Waals surface area (Å²) in [7, 11) is 1.93. The van der Waals surface area contributed by atoms with Crippen LogP contribution in [0.1, 0.15) is 22.9 Å². The summed E-state index contributed by atoms with van der Waals surface area (Å²) in [5.74, 6) is -1.17. The Bertz CT molecular complexity index is 1580. The summed E-state index contributed by atoms with van der Waals surface area (Å²) < 4.78 is 6.54. The number of aryl methyl sites for hydroxylation is 1. The number of anilines is 2. The topological polar surface area (TPSA) is 95.9 Å². The summed E-state index contributed by atoms with van der Waals surface area (Å²) >= 11 is 7.57. The van der Waals surface area contributed by atoms with Gasteiger partial charge in [-0.05, 0) is 55.0 Å². The predicted octanol–water partition coefficient (Wildman–Crippen LogP) is 5.11. The third-order valence-electron chi connectivity index (χ3n) is 6.60. The lowest BCUT2D eigenvalue weighted by Crippen LogP contribution is -2.29. The largest absolute Gasteiger partial charge is 0.507 e. The molecule has 0 aliphatic carbocycles. The number of carbonyl (C=O) groups excluding carboxylic acids is 2. The van der Waals surface area contributed by atoms with E-state index in [0.29, 0.717) is 45.8 Å². The maximum absolute atomic E-state index is 13.4. The van der Waals surface area contributed by atoms with E-state index in [2.05, 4.69) is 9.97 Å². The molecule has 0 saturated carbocycles. The van der Waals surface area contributed by atoms with Crippen LogP contribution in [0.5, 0.6) is 5.75 Å². The number of benzene rings is 2. The molecule has 4 heterocycles. The lowest BCUT2D eigenvalue weighted by atomic mass is 9.98. The summed E-state index contributed by atoms with van der Waals surface area (Å²) in [4.78, 5) is 39.3. The van der Waals surface area contributed by atoms with Crippen LogP contribution in [0.4, 0.5) is 10.8 Å². The number of hydrogen-bond donors (Lipinski definition) is 1. The van der Waals surface area contributed by atoms with E-state index in [9.17, 15) is 14.7 Å². The standard InChI is InChI=1S/C27H21ClN4O4S/c1-14-11-21-18(13-16(14)28)30-27(37-21)32-23(17-5-3-4-8-29-17)22(25(34)26(32)35)24(33)15-6-7-20-19(12-15)31(2)9-10-36-20/h3-8,11-13,23,33H,9-10H2,1-2H3/b24-22+. The average Bonchev–Trinajstić information content (AvgIpc) is 3.41. The van der Waals surface area contributed by atoms with Gasteiger partial charge in [0, 0.05) is 23.8 Å². The van der Waals surface area contributed by atoms with Gasteiger partial charge in [-0.2, -0.15) is 0 Å². The molecule has 186 valence electrons. The number of halogens is 1. The smallest absolute Gasteiger partial charge is 0.301 e. The number of rotatable bonds is 3. The predicted molar refractivity (Wildman–Crippen MR) is 144 cm³/mol. The van der Waals surface area contributed by atoms with Gasteiger partial charge in [0.25, 0.3) is 5.78 Å². The molecule has 1 atom stereocenters. The molecule has 2 aliphatic heterocycles. The van der Waals surface area contributed by atoms with Crippen LogP contribution in [0.15, 0.2) is 60.3 Å². The van der Waals surface area contributed by atoms with Gasteiger partial charge in [-0.25, -0.2) is 4.98 Å². The number of thiazole rings is 1. The molecule has 2 aliphatic rings. The third-order valence-corrected chi connectivity index (χ3v) is 8.03. The molecule has 1 fully saturated rings. The van der Waals surface area contributed by atoms with Gasteiger partial charge < -0.3 is 14.7 Å². The summed E-state index contributed by atoms with van der Waals surface area (Å²) in [6, 6.07) is 13.1. The number of carbonyl (C=O) groups is 2. The summed E-state index contributed by atoms with van der Waals surface area (Å²) in [5.41, 5.74) is 3.09. The van der Waals surface area contributed by atoms with Crippen LogP contribution in [-0.4, -0.2) is 47.0 Å². The van der Waals surface area contributed by atoms with Gasteiger partial charge in [-0.1, -0.05) is 29.0 Å². The van der Waals surface area contributed by atoms with E-state index >= 15 is 0 Å². The zero-order valence-electron chi connectivity index (χ0n) is 19.9. The molecule has 0 radical (unpaired) electrons. The molecule has 0 spiro atoms. The second-order valence-electron chi connectivity index (χ2n) is 8.94. The number of ketones is 1. The Balaban J connectivity index is 1.53. The molecule has 2 aromatic carbocycles. The number of pyridine rings is 1. The lowest BCUT2D eigenvalue weighted by molar-refractivity contribution is -0.132. The average molecular weight is 533 g/mol. The number of nitrogens with zero attached hydrogens (tertiary/aromatic N) is 4. The van der Waals surface area contributed by atoms with Crippen molar-refractivity contribution in [3.05, 3.63) is 82.1 Å². The Morgan fingerprint density at radius 1 is 1.19 bits per heavy atom. The molecule has 4 aromatic rings. The minimum Gasteiger partial charge on any atom is -0.507 e. The van der Waals surface area contributed by atoms with Crippen LogP contribution >= 0.6 is 22.9 Å². The van der Waals surface area contributed by atoms with E-state index in [-0.39, 0.29) is 11.3 Å². The first-order chi connectivity index (χ1) is 17.8. The maximum atomic E-state index is 13.4. The number of aliphatic hydroxyl groups is 1. The molecule has 1 saturated heterocycles. The van der Waals surface area contributed by atoms with Gasteiger partial charge >= 0.3 is 5.91 Å². The molecular formula is C27H21ClN4O4S. The number of Topliss-reactive ketones (excluding diaryl/α,β-unsaturated/α-hetero) is 1. The highest BCUT2D eigenvalue weighted by Crippen LogP contribution is 2.45. The van der Waals surface area contributed by atoms with Crippen molar-refractivity contribution >= 4 is 61.4 Å². The highest BCUT2D eigenvalue weighted by molar-refractivity contribution is 7.22. The monoisotopic (exact) mass is 532 g/mol. The molecule has 6 rings (SSSR count). The Morgan fingerprint density at radius 2 is 2.03 bits per heavy atom. The Hall–Kier alpha value is -3.95. The summed E-state index contributed by atoms with van der Waals surface area (Å²) in [5, 5.41) is 12.4. The fraction of sp³-hybridized carbons (Fsp3) is 0.185. The van der Waals surface area contributed by atoms with E-state index < -0.39 is 17.7 Å². The van der Waals surface area contributed by atoms with Crippen LogP contribution in [0.2, 0.25) is 5.02 Å². The van der Waals surface area contributed by atoms with Gasteiger partial charge in [0.1, 0.15) is 24.2 Å². The highest BCUT2D eigenvalue weighted by Gasteiger charge is 2.49. The van der Waals surface area contributed by atoms with Crippen LogP contribution in [0.25, 0.3) is 16.0 Å². The number of amides is 1. The second-order valence-corrected chi connectivity index (χ2v) is 10.4. The van der Waals surface area contributed by atoms with E-state index in [1.54, 1.807) is 48.7 Å². The normalized spacial score (nSPS) is 18.8. The molecule has 1 amide bonds. The number of fused-ring (bicyclic) bond motifs is 2. The minimum atomic E-state index is -0.955. The van der Waals surface area contributed by atoms with Gasteiger partial charge in [0.2, 0.25) is 0 Å². The van der Waals surface area contributed by atoms with Crippen molar-refractivity contribution < 1.29 is 19.4 Å². The Morgan fingerprint density at radius 3 is 2.81 bits per heavy atom. The van der Waals surface area contributed by atoms with Crippen LogP contribution in [-0.2, 0) is 9.59 Å². The number of aliphatic hydroxyl groups excluding tert-OH is 1. The third kappa shape index (κ3) is 3.82. The number of likely N-dealkylation sites (N-methyl/N-ethyl adjacent to an activating group) is 1. The van der Waals surface area contributed by atoms with Crippen LogP contribution in [0.3, 0.4) is 0 Å². The van der Waals surface area contributed by atoms with Crippen LogP contribution < -0.4 is 14.5 Å². The zero-order valence-corrected chi connectivity index (χ0v) is 21.5. The van der Waals surface area contributed by atoms with E-state index in [0.717, 1.165) is 16.0 Å². The molecule has 0 bridgehead atoms. The maximum Gasteiger partial charge on any atom is 0.301 e. The van der Waals surface area contributed by atoms with Crippen molar-refractivity contribution in [3.63, 3.8) is 0 Å². The van der Waals surface area contributed by atoms with Gasteiger partial charge in [0.05, 0.1) is 33.7 Å². The van der Waals surface area contributed by atoms with Crippen molar-refractivity contribution in [1.82, 2.24) is 9.97 Å². The molecule has 2 aromatic heterocycles. The first-order valence-corrected chi connectivity index (χ1v) is 12.8. The fourth-order valence-electron chi connectivity index (χ4n) is 4.64. The van der Waals surface area contributed by atoms with Crippen molar-refractivity contribution in [2.75, 3.05) is 30.0 Å². The first kappa shape index (κ1) is 23.4. The molecule has 10 heteroatoms. The minimum absolute atomic E-state index is 0.0449. The molecule has 1 N–H and O–H groups in total. The molecule has 1 unspecified atom stereocenters. The number of hydrogen-bond acceptors (Lipinski definition) is 8. The van der Waals surface area contributed by atoms with Gasteiger partial charge in [-0.3, -0.25) is 19.5 Å². The summed E-state index contributed by atoms with van der Waals surface area (Å²) in [6.07, 6.45) is 1.59. The molecular weight excluding hydrogens is 512 g/mol. The van der Waals surface area contributed by atoms with Crippen molar-refractivity contribution in [1.29, 1.82) is 0 Å². The zero-order chi connectivity index (χ0) is 25.8. The first-order valence-electron chi connectivity index (χ1n) is 11.6. The van der Waals surface area contributed by atoms with E-state index in [4.69, 9.17) is 16.3 Å². The molecule has 8 nitrogen and oxygen atoms in total. The fourth-order valence-corrected chi connectivity index (χ4v) is 5.87. The van der Waals surface area contributed by atoms with Crippen LogP contribution in [0, 0.1) is 6.92 Å². The van der Waals surface area contributed by atoms with Crippen molar-refractivity contribution in [2.45, 2.75) is 13.0 Å². The lowest BCUT2D eigenvalue weighted by Gasteiger charge is -2.28. The summed E-state index contributed by atoms with van der Waals surface area (Å²) in [6.45, 7) is 3.14. The SMILES string of the molecule is Cc1cc2sc(N3C(=O)C(=O)/C(=C(/O)c4ccc5c(c4)N(C)CCO5)C3c3ccccn3)nc2cc1Cl. The Kier molecular flexibility index (Phi) is 5.62. The van der Waals surface area contributed by atoms with E-state index in [1.807, 2.05) is 24.9 Å². The number of aromatic nitrogens is 2. The van der Waals surface area contributed by atoms with Gasteiger partial charge in [-0.15, -0.1) is 0 Å². The van der Waals surface area contributed by atoms with Gasteiger partial charge in [0.15, 0.2) is 5.13 Å². The van der Waals surface area contributed by atoms with Crippen molar-refractivity contribution in [3.8, 4) is 5.75 Å². The second kappa shape index (κ2) is 8.86. The highest BCUT2D eigenvalue weighted by atomic mass is 35.5.